The fourth-order valence-electron chi connectivity index (χ4n) is 7.60. The zero-order chi connectivity index (χ0) is 30.1. The Kier molecular flexibility index (Phi) is 5.82. The van der Waals surface area contributed by atoms with Crippen LogP contribution in [0.3, 0.4) is 0 Å². The number of hydrogen-bond acceptors (Lipinski definition) is 0. The Balaban J connectivity index is 1.37. The quantitative estimate of drug-likeness (QED) is 0.179. The average molecular weight is 593 g/mol. The summed E-state index contributed by atoms with van der Waals surface area (Å²) in [7, 11) is -1.27. The van der Waals surface area contributed by atoms with Crippen molar-refractivity contribution in [1.29, 1.82) is 0 Å². The van der Waals surface area contributed by atoms with Gasteiger partial charge < -0.3 is 0 Å². The van der Waals surface area contributed by atoms with E-state index in [0.717, 1.165) is 0 Å². The Morgan fingerprint density at radius 1 is 0.333 bits per heavy atom. The van der Waals surface area contributed by atoms with Crippen LogP contribution >= 0.6 is 10.0 Å². The van der Waals surface area contributed by atoms with Crippen LogP contribution < -0.4 is 0 Å². The van der Waals surface area contributed by atoms with Crippen LogP contribution in [-0.4, -0.2) is 12.5 Å². The molecule has 1 heterocycles. The maximum Gasteiger partial charge on any atom is 0.00220 e. The second-order valence-corrected chi connectivity index (χ2v) is 16.0. The standard InChI is InChI=1S/C44H32S/c1-45(2)41-26-32(34-23-13-19-29-14-9-10-20-33(29)34)24-25-35(41)38-27-39-40(28-42(38)45)44(31-17-7-4-8-18-31)37-22-12-11-21-36(37)43(39)30-15-5-3-6-16-30/h3-28H,1-2H3. The molecule has 0 fully saturated rings. The van der Waals surface area contributed by atoms with E-state index in [4.69, 9.17) is 0 Å². The zero-order valence-electron chi connectivity index (χ0n) is 25.4. The molecule has 0 nitrogen and oxygen atoms in total. The van der Waals surface area contributed by atoms with Crippen LogP contribution in [0.25, 0.3) is 76.8 Å². The molecule has 0 atom stereocenters. The summed E-state index contributed by atoms with van der Waals surface area (Å²) in [6, 6.07) is 58.6. The fraction of sp³-hybridized carbons (Fsp3) is 0.0455. The van der Waals surface area contributed by atoms with Gasteiger partial charge in [-0.15, -0.1) is 0 Å². The van der Waals surface area contributed by atoms with Crippen molar-refractivity contribution in [2.75, 3.05) is 12.5 Å². The van der Waals surface area contributed by atoms with Crippen molar-refractivity contribution in [1.82, 2.24) is 0 Å². The minimum Gasteiger partial charge on any atom is -0.192 e. The summed E-state index contributed by atoms with van der Waals surface area (Å²) in [5, 5.41) is 7.84. The van der Waals surface area contributed by atoms with Gasteiger partial charge in [-0.05, 0) is 108 Å². The molecular weight excluding hydrogens is 561 g/mol. The predicted molar refractivity (Wildman–Crippen MR) is 197 cm³/mol. The molecule has 45 heavy (non-hydrogen) atoms. The predicted octanol–water partition coefficient (Wildman–Crippen LogP) is 12.6. The van der Waals surface area contributed by atoms with Gasteiger partial charge in [0.1, 0.15) is 0 Å². The van der Waals surface area contributed by atoms with Crippen molar-refractivity contribution in [3.8, 4) is 44.5 Å². The van der Waals surface area contributed by atoms with Gasteiger partial charge in [-0.2, -0.15) is 10.0 Å². The van der Waals surface area contributed by atoms with Crippen molar-refractivity contribution in [2.45, 2.75) is 9.79 Å². The first-order chi connectivity index (χ1) is 22.1. The summed E-state index contributed by atoms with van der Waals surface area (Å²) in [6.07, 6.45) is 4.97. The molecule has 8 aromatic carbocycles. The number of rotatable bonds is 3. The van der Waals surface area contributed by atoms with Crippen LogP contribution in [0, 0.1) is 0 Å². The van der Waals surface area contributed by atoms with Gasteiger partial charge in [0.25, 0.3) is 0 Å². The summed E-state index contributed by atoms with van der Waals surface area (Å²) >= 11 is 0. The molecule has 0 spiro atoms. The summed E-state index contributed by atoms with van der Waals surface area (Å²) in [5.41, 5.74) is 10.5. The summed E-state index contributed by atoms with van der Waals surface area (Å²) in [6.45, 7) is 0. The number of hydrogen-bond donors (Lipinski definition) is 0. The highest BCUT2D eigenvalue weighted by Gasteiger charge is 2.33. The SMILES string of the molecule is CS1(C)c2cc(-c3cccc4ccccc34)ccc2-c2cc3c(-c4ccccc4)c4ccccc4c(-c4ccccc4)c3cc21. The van der Waals surface area contributed by atoms with E-state index in [9.17, 15) is 0 Å². The van der Waals surface area contributed by atoms with Crippen molar-refractivity contribution in [2.24, 2.45) is 0 Å². The number of fused-ring (bicyclic) bond motifs is 6. The minimum absolute atomic E-state index is 1.26. The second-order valence-electron chi connectivity index (χ2n) is 12.5. The fourth-order valence-corrected chi connectivity index (χ4v) is 10.1. The normalized spacial score (nSPS) is 14.0. The molecule has 8 aromatic rings. The van der Waals surface area contributed by atoms with E-state index in [1.807, 2.05) is 0 Å². The largest absolute Gasteiger partial charge is 0.192 e. The Morgan fingerprint density at radius 3 is 1.53 bits per heavy atom. The van der Waals surface area contributed by atoms with E-state index < -0.39 is 10.0 Å². The van der Waals surface area contributed by atoms with Crippen LogP contribution in [-0.2, 0) is 0 Å². The maximum atomic E-state index is 2.55. The van der Waals surface area contributed by atoms with Crippen LogP contribution in [0.5, 0.6) is 0 Å². The van der Waals surface area contributed by atoms with E-state index in [2.05, 4.69) is 170 Å². The molecule has 0 radical (unpaired) electrons. The van der Waals surface area contributed by atoms with Crippen molar-refractivity contribution < 1.29 is 0 Å². The van der Waals surface area contributed by atoms with Crippen LogP contribution in [0.2, 0.25) is 0 Å². The molecule has 0 N–H and O–H groups in total. The summed E-state index contributed by atoms with van der Waals surface area (Å²) in [4.78, 5) is 2.96. The molecule has 1 aliphatic heterocycles. The molecular formula is C44H32S. The molecule has 0 amide bonds. The highest BCUT2D eigenvalue weighted by molar-refractivity contribution is 8.33. The van der Waals surface area contributed by atoms with Crippen molar-refractivity contribution in [3.63, 3.8) is 0 Å². The first-order valence-electron chi connectivity index (χ1n) is 15.6. The van der Waals surface area contributed by atoms with Gasteiger partial charge in [0.15, 0.2) is 0 Å². The summed E-state index contributed by atoms with van der Waals surface area (Å²) in [5.74, 6) is 0. The molecule has 1 aliphatic rings. The zero-order valence-corrected chi connectivity index (χ0v) is 26.2. The topological polar surface area (TPSA) is 0 Å². The Morgan fingerprint density at radius 2 is 0.867 bits per heavy atom. The molecule has 0 aromatic heterocycles. The van der Waals surface area contributed by atoms with Gasteiger partial charge in [0, 0.05) is 9.79 Å². The van der Waals surface area contributed by atoms with Gasteiger partial charge in [-0.25, -0.2) is 0 Å². The van der Waals surface area contributed by atoms with Crippen LogP contribution in [0.1, 0.15) is 0 Å². The van der Waals surface area contributed by atoms with Gasteiger partial charge in [0.05, 0.1) is 0 Å². The molecule has 1 heteroatoms. The first kappa shape index (κ1) is 26.3. The highest BCUT2D eigenvalue weighted by atomic mass is 32.3. The summed E-state index contributed by atoms with van der Waals surface area (Å²) < 4.78 is 0. The molecule has 214 valence electrons. The lowest BCUT2D eigenvalue weighted by Crippen LogP contribution is -1.95. The van der Waals surface area contributed by atoms with Gasteiger partial charge in [-0.3, -0.25) is 0 Å². The molecule has 0 saturated heterocycles. The Bertz CT molecular complexity index is 2430. The van der Waals surface area contributed by atoms with Gasteiger partial charge in [-0.1, -0.05) is 140 Å². The first-order valence-corrected chi connectivity index (χ1v) is 18.0. The Labute approximate surface area is 265 Å². The van der Waals surface area contributed by atoms with E-state index >= 15 is 0 Å². The lowest BCUT2D eigenvalue weighted by atomic mass is 9.85. The van der Waals surface area contributed by atoms with Gasteiger partial charge >= 0.3 is 0 Å². The maximum absolute atomic E-state index is 2.55. The molecule has 9 rings (SSSR count). The average Bonchev–Trinajstić information content (AvgIpc) is 3.31. The van der Waals surface area contributed by atoms with E-state index in [1.54, 1.807) is 0 Å². The smallest absolute Gasteiger partial charge is 0.00220 e. The van der Waals surface area contributed by atoms with E-state index in [0.29, 0.717) is 0 Å². The molecule has 0 aliphatic carbocycles. The monoisotopic (exact) mass is 592 g/mol. The lowest BCUT2D eigenvalue weighted by Gasteiger charge is -2.29. The Hall–Kier alpha value is -5.11. The molecule has 0 saturated carbocycles. The third kappa shape index (κ3) is 3.94. The van der Waals surface area contributed by atoms with E-state index in [-0.39, 0.29) is 0 Å². The van der Waals surface area contributed by atoms with E-state index in [1.165, 1.54) is 86.6 Å². The van der Waals surface area contributed by atoms with Crippen molar-refractivity contribution in [3.05, 3.63) is 158 Å². The van der Waals surface area contributed by atoms with Crippen LogP contribution in [0.15, 0.2) is 168 Å². The molecule has 0 unspecified atom stereocenters. The highest BCUT2D eigenvalue weighted by Crippen LogP contribution is 2.68. The third-order valence-corrected chi connectivity index (χ3v) is 12.6. The van der Waals surface area contributed by atoms with Gasteiger partial charge in [0.2, 0.25) is 0 Å². The molecule has 0 bridgehead atoms. The third-order valence-electron chi connectivity index (χ3n) is 9.72. The van der Waals surface area contributed by atoms with Crippen LogP contribution in [0.4, 0.5) is 0 Å². The second kappa shape index (κ2) is 9.95. The lowest BCUT2D eigenvalue weighted by molar-refractivity contribution is 1.46. The minimum atomic E-state index is -1.27. The number of benzene rings is 8. The van der Waals surface area contributed by atoms with Crippen molar-refractivity contribution >= 4 is 42.3 Å².